The van der Waals surface area contributed by atoms with Crippen LogP contribution < -0.4 is 0 Å². The van der Waals surface area contributed by atoms with Gasteiger partial charge >= 0.3 is 0 Å². The van der Waals surface area contributed by atoms with Gasteiger partial charge in [-0.15, -0.1) is 0 Å². The van der Waals surface area contributed by atoms with Gasteiger partial charge in [0.25, 0.3) is 0 Å². The maximum absolute atomic E-state index is 2.74. The average molecular weight is 238 g/mol. The van der Waals surface area contributed by atoms with Crippen molar-refractivity contribution in [1.82, 2.24) is 9.80 Å². The van der Waals surface area contributed by atoms with Crippen molar-refractivity contribution in [2.24, 2.45) is 5.92 Å². The third kappa shape index (κ3) is 3.03. The van der Waals surface area contributed by atoms with Crippen molar-refractivity contribution < 1.29 is 0 Å². The van der Waals surface area contributed by atoms with Gasteiger partial charge in [-0.1, -0.05) is 13.8 Å². The first-order chi connectivity index (χ1) is 8.09. The van der Waals surface area contributed by atoms with Gasteiger partial charge in [-0.05, 0) is 45.4 Å². The Hall–Kier alpha value is -0.0800. The molecule has 2 aliphatic rings. The maximum Gasteiger partial charge on any atom is 0.0195 e. The Morgan fingerprint density at radius 2 is 1.76 bits per heavy atom. The molecule has 0 unspecified atom stereocenters. The summed E-state index contributed by atoms with van der Waals surface area (Å²) in [5.41, 5.74) is 0.430. The summed E-state index contributed by atoms with van der Waals surface area (Å²) < 4.78 is 0. The standard InChI is InChI=1S/C15H30N2/c1-5-15(4,6-2)17-10-9-16(13(3)11-17)12-14-7-8-14/h13-14H,5-12H2,1-4H3/t13-/m1/s1. The van der Waals surface area contributed by atoms with Crippen molar-refractivity contribution in [2.45, 2.75) is 65.0 Å². The van der Waals surface area contributed by atoms with Crippen LogP contribution in [-0.4, -0.2) is 47.6 Å². The Balaban J connectivity index is 1.88. The molecule has 1 heterocycles. The smallest absolute Gasteiger partial charge is 0.0195 e. The summed E-state index contributed by atoms with van der Waals surface area (Å²) in [4.78, 5) is 5.46. The van der Waals surface area contributed by atoms with Crippen LogP contribution in [0.25, 0.3) is 0 Å². The van der Waals surface area contributed by atoms with Crippen LogP contribution in [0.1, 0.15) is 53.4 Å². The molecule has 1 aliphatic heterocycles. The van der Waals surface area contributed by atoms with E-state index in [-0.39, 0.29) is 0 Å². The second-order valence-electron chi connectivity index (χ2n) is 6.44. The monoisotopic (exact) mass is 238 g/mol. The lowest BCUT2D eigenvalue weighted by atomic mass is 9.91. The van der Waals surface area contributed by atoms with E-state index < -0.39 is 0 Å². The van der Waals surface area contributed by atoms with Crippen molar-refractivity contribution in [3.8, 4) is 0 Å². The number of hydrogen-bond acceptors (Lipinski definition) is 2. The molecule has 2 rings (SSSR count). The van der Waals surface area contributed by atoms with Crippen molar-refractivity contribution in [3.05, 3.63) is 0 Å². The third-order valence-electron chi connectivity index (χ3n) is 5.24. The molecule has 1 atom stereocenters. The van der Waals surface area contributed by atoms with Gasteiger partial charge in [-0.25, -0.2) is 0 Å². The van der Waals surface area contributed by atoms with Crippen LogP contribution in [0.15, 0.2) is 0 Å². The van der Waals surface area contributed by atoms with E-state index in [1.54, 1.807) is 0 Å². The molecule has 2 nitrogen and oxygen atoms in total. The molecular formula is C15H30N2. The van der Waals surface area contributed by atoms with E-state index in [2.05, 4.69) is 37.5 Å². The summed E-state index contributed by atoms with van der Waals surface area (Å²) in [5.74, 6) is 1.03. The molecule has 0 spiro atoms. The van der Waals surface area contributed by atoms with Crippen molar-refractivity contribution >= 4 is 0 Å². The highest BCUT2D eigenvalue weighted by Gasteiger charge is 2.35. The summed E-state index contributed by atoms with van der Waals surface area (Å²) in [5, 5.41) is 0. The van der Waals surface area contributed by atoms with Crippen LogP contribution in [0.2, 0.25) is 0 Å². The van der Waals surface area contributed by atoms with Gasteiger partial charge in [0.2, 0.25) is 0 Å². The molecule has 1 saturated carbocycles. The minimum absolute atomic E-state index is 0.430. The van der Waals surface area contributed by atoms with Gasteiger partial charge in [-0.2, -0.15) is 0 Å². The summed E-state index contributed by atoms with van der Waals surface area (Å²) in [7, 11) is 0. The fourth-order valence-corrected chi connectivity index (χ4v) is 3.09. The maximum atomic E-state index is 2.74. The van der Waals surface area contributed by atoms with Crippen molar-refractivity contribution in [3.63, 3.8) is 0 Å². The van der Waals surface area contributed by atoms with Crippen LogP contribution in [0, 0.1) is 5.92 Å². The number of nitrogens with zero attached hydrogens (tertiary/aromatic N) is 2. The predicted octanol–water partition coefficient (Wildman–Crippen LogP) is 2.98. The van der Waals surface area contributed by atoms with Gasteiger partial charge in [0, 0.05) is 37.8 Å². The number of rotatable bonds is 5. The van der Waals surface area contributed by atoms with E-state index >= 15 is 0 Å². The molecule has 2 fully saturated rings. The van der Waals surface area contributed by atoms with Crippen LogP contribution in [0.4, 0.5) is 0 Å². The summed E-state index contributed by atoms with van der Waals surface area (Å²) in [6.07, 6.45) is 5.51. The third-order valence-corrected chi connectivity index (χ3v) is 5.24. The highest BCUT2D eigenvalue weighted by molar-refractivity contribution is 4.91. The molecule has 100 valence electrons. The van der Waals surface area contributed by atoms with Crippen molar-refractivity contribution in [1.29, 1.82) is 0 Å². The van der Waals surface area contributed by atoms with E-state index in [0.29, 0.717) is 5.54 Å². The molecule has 0 aromatic rings. The first kappa shape index (κ1) is 13.4. The Labute approximate surface area is 107 Å². The molecule has 0 N–H and O–H groups in total. The number of piperazine rings is 1. The van der Waals surface area contributed by atoms with E-state index in [1.165, 1.54) is 51.9 Å². The minimum Gasteiger partial charge on any atom is -0.298 e. The lowest BCUT2D eigenvalue weighted by molar-refractivity contribution is 0.00676. The fourth-order valence-electron chi connectivity index (χ4n) is 3.09. The molecule has 0 bridgehead atoms. The lowest BCUT2D eigenvalue weighted by Crippen LogP contribution is -2.59. The highest BCUT2D eigenvalue weighted by atomic mass is 15.3. The van der Waals surface area contributed by atoms with Gasteiger partial charge in [0.15, 0.2) is 0 Å². The van der Waals surface area contributed by atoms with Crippen LogP contribution in [0.5, 0.6) is 0 Å². The molecule has 0 radical (unpaired) electrons. The zero-order valence-electron chi connectivity index (χ0n) is 12.2. The molecule has 0 amide bonds. The van der Waals surface area contributed by atoms with Crippen LogP contribution in [-0.2, 0) is 0 Å². The first-order valence-electron chi connectivity index (χ1n) is 7.58. The zero-order chi connectivity index (χ0) is 12.5. The normalized spacial score (nSPS) is 28.6. The zero-order valence-corrected chi connectivity index (χ0v) is 12.2. The van der Waals surface area contributed by atoms with Gasteiger partial charge < -0.3 is 0 Å². The quantitative estimate of drug-likeness (QED) is 0.726. The summed E-state index contributed by atoms with van der Waals surface area (Å²) in [6, 6.07) is 0.752. The molecule has 1 aliphatic carbocycles. The molecular weight excluding hydrogens is 208 g/mol. The van der Waals surface area contributed by atoms with E-state index in [1.807, 2.05) is 0 Å². The first-order valence-corrected chi connectivity index (χ1v) is 7.58. The van der Waals surface area contributed by atoms with E-state index in [4.69, 9.17) is 0 Å². The Bertz CT molecular complexity index is 243. The molecule has 0 aromatic carbocycles. The summed E-state index contributed by atoms with van der Waals surface area (Å²) >= 11 is 0. The van der Waals surface area contributed by atoms with E-state index in [0.717, 1.165) is 12.0 Å². The second kappa shape index (κ2) is 5.27. The fraction of sp³-hybridized carbons (Fsp3) is 1.00. The van der Waals surface area contributed by atoms with Gasteiger partial charge in [-0.3, -0.25) is 9.80 Å². The van der Waals surface area contributed by atoms with Crippen molar-refractivity contribution in [2.75, 3.05) is 26.2 Å². The minimum atomic E-state index is 0.430. The summed E-state index contributed by atoms with van der Waals surface area (Å²) in [6.45, 7) is 14.7. The molecule has 17 heavy (non-hydrogen) atoms. The Kier molecular flexibility index (Phi) is 4.14. The molecule has 2 heteroatoms. The lowest BCUT2D eigenvalue weighted by Gasteiger charge is -2.48. The topological polar surface area (TPSA) is 6.48 Å². The highest BCUT2D eigenvalue weighted by Crippen LogP contribution is 2.32. The Morgan fingerprint density at radius 1 is 1.12 bits per heavy atom. The van der Waals surface area contributed by atoms with Gasteiger partial charge in [0.1, 0.15) is 0 Å². The van der Waals surface area contributed by atoms with Crippen LogP contribution in [0.3, 0.4) is 0 Å². The van der Waals surface area contributed by atoms with Crippen LogP contribution >= 0.6 is 0 Å². The second-order valence-corrected chi connectivity index (χ2v) is 6.44. The Morgan fingerprint density at radius 3 is 2.24 bits per heavy atom. The van der Waals surface area contributed by atoms with Gasteiger partial charge in [0.05, 0.1) is 0 Å². The largest absolute Gasteiger partial charge is 0.298 e. The molecule has 0 aromatic heterocycles. The average Bonchev–Trinajstić information content (AvgIpc) is 3.14. The molecule has 1 saturated heterocycles. The predicted molar refractivity (Wildman–Crippen MR) is 74.3 cm³/mol. The number of hydrogen-bond donors (Lipinski definition) is 0. The van der Waals surface area contributed by atoms with E-state index in [9.17, 15) is 0 Å². The SMILES string of the molecule is CCC(C)(CC)N1CCN(CC2CC2)[C@H](C)C1.